The Bertz CT molecular complexity index is 6170. The molecule has 8 aromatic carbocycles. The van der Waals surface area contributed by atoms with Crippen LogP contribution in [0.4, 0.5) is 0 Å². The van der Waals surface area contributed by atoms with Crippen LogP contribution in [0.25, 0.3) is 44.5 Å². The van der Waals surface area contributed by atoms with Crippen molar-refractivity contribution in [1.29, 1.82) is 0 Å². The van der Waals surface area contributed by atoms with E-state index in [0.717, 1.165) is 11.1 Å². The quantitative estimate of drug-likeness (QED) is 0.0112. The van der Waals surface area contributed by atoms with E-state index in [1.807, 2.05) is 0 Å². The molecule has 0 radical (unpaired) electrons. The van der Waals surface area contributed by atoms with Gasteiger partial charge in [0.2, 0.25) is 0 Å². The van der Waals surface area contributed by atoms with Gasteiger partial charge in [0.25, 0.3) is 0 Å². The highest BCUT2D eigenvalue weighted by Crippen LogP contribution is 2.37. The highest BCUT2D eigenvalue weighted by molar-refractivity contribution is 5.94. The number of ether oxygens (including phenoxy) is 20. The first-order chi connectivity index (χ1) is 70.8. The number of carbonyl (C=O) groups excluding carboxylic acids is 16. The van der Waals surface area contributed by atoms with E-state index in [1.54, 1.807) is 186 Å². The van der Waals surface area contributed by atoms with Crippen LogP contribution in [-0.2, 0) is 115 Å². The summed E-state index contributed by atoms with van der Waals surface area (Å²) in [6, 6.07) is 45.7. The van der Waals surface area contributed by atoms with Crippen molar-refractivity contribution in [2.45, 2.75) is 95.9 Å². The fraction of sp³-hybridized carbons (Fsp3) is 0.228. The number of rotatable bonds is 50. The van der Waals surface area contributed by atoms with Gasteiger partial charge in [-0.05, 0) is 225 Å². The van der Waals surface area contributed by atoms with E-state index in [-0.39, 0.29) is 152 Å². The highest BCUT2D eigenvalue weighted by Gasteiger charge is 2.22. The fourth-order valence-corrected chi connectivity index (χ4v) is 10.7. The fourth-order valence-electron chi connectivity index (χ4n) is 10.7. The van der Waals surface area contributed by atoms with Crippen LogP contribution >= 0.6 is 0 Å². The molecule has 0 aliphatic heterocycles. The molecule has 0 unspecified atom stereocenters. The van der Waals surface area contributed by atoms with Crippen molar-refractivity contribution in [3.63, 3.8) is 0 Å². The zero-order chi connectivity index (χ0) is 112. The Kier molecular flexibility index (Phi) is 50.5. The molecule has 0 bridgehead atoms. The lowest BCUT2D eigenvalue weighted by Crippen LogP contribution is -2.19. The van der Waals surface area contributed by atoms with Crippen LogP contribution in [0, 0.1) is 0 Å². The predicted octanol–water partition coefficient (Wildman–Crippen LogP) is 18.2. The molecule has 788 valence electrons. The lowest BCUT2D eigenvalue weighted by Gasteiger charge is -2.13. The minimum absolute atomic E-state index is 0.0231. The second-order valence-electron chi connectivity index (χ2n) is 32.5. The first kappa shape index (κ1) is 122. The minimum atomic E-state index is -0.810. The number of esters is 16. The largest absolute Gasteiger partial charge is 0.490 e. The molecule has 0 saturated carbocycles. The first-order valence-corrected chi connectivity index (χ1v) is 45.3. The van der Waals surface area contributed by atoms with E-state index in [0.29, 0.717) is 96.1 Å². The number of carbonyl (C=O) groups is 16. The SMILES string of the molecule is C=C(C)C(=O)OCCC(=O)Oc1cc(OC(=O)CCOC(=O)C(=C)C)cc(-c2ccc(OC(=O)C(=C)C)cc2)c1.C=C(C)C(=O)OCCOc1cc(OC(=O)COC(=O)C(=C)C)cc(-c2ccc(OC(=O)C(=C)C)cc2)c1.C=C(C)C(=O)OCCOc1cc(OC(=O)COC(=O)C(=C)C)cc(-c2ccc(OC(=O)C(=C)C)cc2)c1.C=C(C)C(=O)OCCOc1cc(OCCOC(=O)C(=C)C)cc(-c2ccc(OC(=O)C(=C)C)cc2)c1. The van der Waals surface area contributed by atoms with E-state index >= 15 is 0 Å². The molecule has 0 aromatic heterocycles. The summed E-state index contributed by atoms with van der Waals surface area (Å²) in [6.45, 7) is 59.1. The third kappa shape index (κ3) is 46.0. The molecule has 0 spiro atoms. The maximum absolute atomic E-state index is 12.4. The van der Waals surface area contributed by atoms with Crippen LogP contribution in [0.3, 0.4) is 0 Å². The molecule has 0 N–H and O–H groups in total. The second-order valence-corrected chi connectivity index (χ2v) is 32.5. The third-order valence-electron chi connectivity index (χ3n) is 18.3. The molecule has 8 rings (SSSR count). The van der Waals surface area contributed by atoms with Crippen molar-refractivity contribution < 1.29 is 171 Å². The number of hydrogen-bond donors (Lipinski definition) is 0. The number of hydrogen-bond acceptors (Lipinski definition) is 36. The molecule has 0 fully saturated rings. The monoisotopic (exact) mass is 2060 g/mol. The van der Waals surface area contributed by atoms with Gasteiger partial charge in [-0.1, -0.05) is 127 Å². The van der Waals surface area contributed by atoms with Crippen molar-refractivity contribution in [2.24, 2.45) is 0 Å². The molecule has 36 heteroatoms. The summed E-state index contributed by atoms with van der Waals surface area (Å²) in [5, 5.41) is 0. The Morgan fingerprint density at radius 1 is 0.160 bits per heavy atom. The van der Waals surface area contributed by atoms with Gasteiger partial charge in [0, 0.05) is 91.1 Å². The van der Waals surface area contributed by atoms with Crippen molar-refractivity contribution in [2.75, 3.05) is 79.3 Å². The molecule has 0 heterocycles. The van der Waals surface area contributed by atoms with Crippen molar-refractivity contribution >= 4 is 95.5 Å². The van der Waals surface area contributed by atoms with Gasteiger partial charge in [0.05, 0.1) is 12.8 Å². The summed E-state index contributed by atoms with van der Waals surface area (Å²) in [4.78, 5) is 188. The Labute approximate surface area is 867 Å². The topological polar surface area (TPSA) is 458 Å². The summed E-state index contributed by atoms with van der Waals surface area (Å²) in [7, 11) is 0. The lowest BCUT2D eigenvalue weighted by molar-refractivity contribution is -0.150. The van der Waals surface area contributed by atoms with Gasteiger partial charge in [-0.3, -0.25) is 9.59 Å². The minimum Gasteiger partial charge on any atom is -0.490 e. The van der Waals surface area contributed by atoms with Crippen molar-refractivity contribution in [3.8, 4) is 114 Å². The second kappa shape index (κ2) is 62.1. The molecular formula is C114H116O36. The normalized spacial score (nSPS) is 10.1. The average molecular weight is 2060 g/mol. The van der Waals surface area contributed by atoms with Crippen molar-refractivity contribution in [3.05, 3.63) is 316 Å². The molecule has 150 heavy (non-hydrogen) atoms. The predicted molar refractivity (Wildman–Crippen MR) is 549 cm³/mol. The van der Waals surface area contributed by atoms with Gasteiger partial charge in [-0.15, -0.1) is 0 Å². The van der Waals surface area contributed by atoms with E-state index in [9.17, 15) is 76.7 Å². The van der Waals surface area contributed by atoms with Gasteiger partial charge >= 0.3 is 95.5 Å². The lowest BCUT2D eigenvalue weighted by atomic mass is 10.0. The zero-order valence-electron chi connectivity index (χ0n) is 85.2. The molecule has 0 saturated heterocycles. The van der Waals surface area contributed by atoms with E-state index in [4.69, 9.17) is 94.7 Å². The van der Waals surface area contributed by atoms with Crippen molar-refractivity contribution in [1.82, 2.24) is 0 Å². The van der Waals surface area contributed by atoms with Crippen LogP contribution in [0.15, 0.2) is 316 Å². The van der Waals surface area contributed by atoms with Crippen LogP contribution in [0.5, 0.6) is 69.0 Å². The van der Waals surface area contributed by atoms with Crippen LogP contribution < -0.4 is 56.8 Å². The smallest absolute Gasteiger partial charge is 0.349 e. The van der Waals surface area contributed by atoms with Gasteiger partial charge in [-0.2, -0.15) is 0 Å². The Balaban J connectivity index is 0.000000352. The zero-order valence-corrected chi connectivity index (χ0v) is 85.2. The molecule has 8 aromatic rings. The highest BCUT2D eigenvalue weighted by atomic mass is 16.6. The van der Waals surface area contributed by atoms with E-state index in [2.05, 4.69) is 78.9 Å². The van der Waals surface area contributed by atoms with Gasteiger partial charge in [-0.25, -0.2) is 67.1 Å². The molecule has 0 amide bonds. The van der Waals surface area contributed by atoms with Gasteiger partial charge in [0.1, 0.15) is 135 Å². The standard InChI is InChI=1S/C30H30O10.2C28H28O9.C28H30O8/c1-18(2)28(33)36-13-11-26(31)38-24-15-22(21-7-9-23(10-8-21)40-30(35)20(5)6)16-25(17-24)39-27(32)12-14-37-29(34)19(3)4;2*1-17(2)26(30)34-12-11-33-23-13-21(20-7-9-22(10-8-20)37-28(32)19(5)6)14-24(15-23)36-25(29)16-35-27(31)18(3)4;1-18(2)26(29)34-13-11-32-24-15-22(16-25(17-24)33-12-14-35-27(30)19(3)4)21-7-9-23(10-8-21)36-28(31)20(5)6/h7-10,15-17H,1,3,5,11-14H2,2,4,6H3;2*7-10,13-15H,1,3,5,11-12,16H2,2,4,6H3;7-10,15-17H,1,3,5,11-14H2,2,4,6H3. The Hall–Kier alpha value is -18.6. The summed E-state index contributed by atoms with van der Waals surface area (Å²) < 4.78 is 105. The molecule has 0 aliphatic rings. The van der Waals surface area contributed by atoms with Crippen LogP contribution in [0.1, 0.15) is 95.9 Å². The average Bonchev–Trinajstić information content (AvgIpc) is 0.841. The third-order valence-corrected chi connectivity index (χ3v) is 18.3. The maximum Gasteiger partial charge on any atom is 0.349 e. The van der Waals surface area contributed by atoms with E-state index < -0.39 is 109 Å². The van der Waals surface area contributed by atoms with Crippen LogP contribution in [-0.4, -0.2) is 175 Å². The Morgan fingerprint density at radius 3 is 0.513 bits per heavy atom. The van der Waals surface area contributed by atoms with E-state index in [1.165, 1.54) is 66.7 Å². The van der Waals surface area contributed by atoms with Gasteiger partial charge < -0.3 is 94.7 Å². The summed E-state index contributed by atoms with van der Waals surface area (Å²) >= 11 is 0. The summed E-state index contributed by atoms with van der Waals surface area (Å²) in [5.74, 6) is -6.63. The summed E-state index contributed by atoms with van der Waals surface area (Å²) in [5.41, 5.74) is 8.21. The molecule has 0 atom stereocenters. The maximum atomic E-state index is 12.4. The van der Waals surface area contributed by atoms with Gasteiger partial charge in [0.15, 0.2) is 13.2 Å². The molecule has 0 aliphatic carbocycles. The number of benzene rings is 8. The summed E-state index contributed by atoms with van der Waals surface area (Å²) in [6.07, 6.45) is -0.454. The van der Waals surface area contributed by atoms with Crippen LogP contribution in [0.2, 0.25) is 0 Å². The Morgan fingerprint density at radius 2 is 0.320 bits per heavy atom. The molecule has 36 nitrogen and oxygen atoms in total. The molecular weight excluding hydrogens is 1950 g/mol. The first-order valence-electron chi connectivity index (χ1n) is 45.3.